The van der Waals surface area contributed by atoms with Gasteiger partial charge in [-0.25, -0.2) is 0 Å². The molecule has 0 fully saturated rings. The molecule has 0 aliphatic rings. The lowest BCUT2D eigenvalue weighted by Gasteiger charge is -2.14. The van der Waals surface area contributed by atoms with Crippen LogP contribution in [0.25, 0.3) is 0 Å². The zero-order valence-electron chi connectivity index (χ0n) is 13.4. The topological polar surface area (TPSA) is 49.3 Å². The summed E-state index contributed by atoms with van der Waals surface area (Å²) in [6.45, 7) is -0.247. The maximum absolute atomic E-state index is 12.8. The summed E-state index contributed by atoms with van der Waals surface area (Å²) in [6.07, 6.45) is -10.2. The molecule has 2 aromatic rings. The molecule has 0 saturated heterocycles. The number of phenols is 1. The second kappa shape index (κ2) is 7.67. The predicted octanol–water partition coefficient (Wildman–Crippen LogP) is 5.06. The van der Waals surface area contributed by atoms with Gasteiger partial charge in [0, 0.05) is 11.6 Å². The Kier molecular flexibility index (Phi) is 5.94. The fraction of sp³-hybridized carbons (Fsp3) is 0.235. The van der Waals surface area contributed by atoms with Gasteiger partial charge in [-0.2, -0.15) is 26.3 Å². The van der Waals surface area contributed by atoms with Crippen LogP contribution in [0.3, 0.4) is 0 Å². The monoisotopic (exact) mass is 411 g/mol. The van der Waals surface area contributed by atoms with Gasteiger partial charge in [0.1, 0.15) is 5.75 Å². The molecule has 3 nitrogen and oxygen atoms in total. The Hall–Kier alpha value is -2.42. The van der Waals surface area contributed by atoms with E-state index in [4.69, 9.17) is 11.6 Å². The van der Waals surface area contributed by atoms with Crippen LogP contribution in [0.15, 0.2) is 36.4 Å². The van der Waals surface area contributed by atoms with E-state index in [0.717, 1.165) is 0 Å². The van der Waals surface area contributed by atoms with Gasteiger partial charge in [-0.05, 0) is 48.4 Å². The van der Waals surface area contributed by atoms with Crippen molar-refractivity contribution in [3.05, 3.63) is 63.7 Å². The van der Waals surface area contributed by atoms with Crippen molar-refractivity contribution in [1.82, 2.24) is 5.32 Å². The van der Waals surface area contributed by atoms with Gasteiger partial charge < -0.3 is 10.4 Å². The molecule has 0 unspecified atom stereocenters. The van der Waals surface area contributed by atoms with Crippen molar-refractivity contribution < 1.29 is 36.2 Å². The quantitative estimate of drug-likeness (QED) is 0.691. The predicted molar refractivity (Wildman–Crippen MR) is 85.6 cm³/mol. The number of aromatic hydroxyl groups is 1. The van der Waals surface area contributed by atoms with Gasteiger partial charge in [0.15, 0.2) is 0 Å². The van der Waals surface area contributed by atoms with E-state index in [9.17, 15) is 36.2 Å². The van der Waals surface area contributed by atoms with Gasteiger partial charge >= 0.3 is 12.4 Å². The summed E-state index contributed by atoms with van der Waals surface area (Å²) in [5, 5.41) is 12.1. The molecule has 0 aromatic heterocycles. The number of rotatable bonds is 4. The van der Waals surface area contributed by atoms with Crippen molar-refractivity contribution >= 4 is 17.5 Å². The number of phenolic OH excluding ortho intramolecular Hbond substituents is 1. The maximum Gasteiger partial charge on any atom is 0.416 e. The standard InChI is InChI=1S/C17H12ClF6NO2/c18-12-1-2-14(26)13(8-12)15(27)25-4-3-9-5-10(16(19,20)21)7-11(6-9)17(22,23)24/h1-2,5-8,26H,3-4H2,(H,25,27). The minimum absolute atomic E-state index is 0.0338. The zero-order valence-corrected chi connectivity index (χ0v) is 14.1. The Bertz CT molecular complexity index is 816. The minimum atomic E-state index is -4.94. The average molecular weight is 412 g/mol. The molecule has 0 aliphatic carbocycles. The van der Waals surface area contributed by atoms with Crippen LogP contribution in [0.1, 0.15) is 27.0 Å². The smallest absolute Gasteiger partial charge is 0.416 e. The molecule has 0 atom stereocenters. The third-order valence-corrected chi connectivity index (χ3v) is 3.79. The molecular formula is C17H12ClF6NO2. The molecule has 2 rings (SSSR count). The third kappa shape index (κ3) is 5.53. The highest BCUT2D eigenvalue weighted by Gasteiger charge is 2.36. The SMILES string of the molecule is O=C(NCCc1cc(C(F)(F)F)cc(C(F)(F)F)c1)c1cc(Cl)ccc1O. The van der Waals surface area contributed by atoms with E-state index < -0.39 is 29.4 Å². The fourth-order valence-electron chi connectivity index (χ4n) is 2.27. The van der Waals surface area contributed by atoms with E-state index in [0.29, 0.717) is 12.1 Å². The van der Waals surface area contributed by atoms with E-state index in [2.05, 4.69) is 5.32 Å². The zero-order chi connectivity index (χ0) is 20.4. The Morgan fingerprint density at radius 3 is 2.04 bits per heavy atom. The van der Waals surface area contributed by atoms with Crippen molar-refractivity contribution in [2.75, 3.05) is 6.54 Å². The average Bonchev–Trinajstić information content (AvgIpc) is 2.55. The van der Waals surface area contributed by atoms with Crippen molar-refractivity contribution in [2.24, 2.45) is 0 Å². The molecular weight excluding hydrogens is 400 g/mol. The first-order valence-electron chi connectivity index (χ1n) is 7.43. The van der Waals surface area contributed by atoms with E-state index in [1.165, 1.54) is 18.2 Å². The van der Waals surface area contributed by atoms with Gasteiger partial charge in [-0.15, -0.1) is 0 Å². The number of hydrogen-bond acceptors (Lipinski definition) is 2. The number of alkyl halides is 6. The largest absolute Gasteiger partial charge is 0.507 e. The Balaban J connectivity index is 2.15. The third-order valence-electron chi connectivity index (χ3n) is 3.55. The first kappa shape index (κ1) is 20.9. The summed E-state index contributed by atoms with van der Waals surface area (Å²) in [5.41, 5.74) is -3.26. The molecule has 0 heterocycles. The lowest BCUT2D eigenvalue weighted by Crippen LogP contribution is -2.26. The number of halogens is 7. The van der Waals surface area contributed by atoms with Gasteiger partial charge in [-0.1, -0.05) is 11.6 Å². The first-order valence-corrected chi connectivity index (χ1v) is 7.81. The summed E-state index contributed by atoms with van der Waals surface area (Å²) in [5.74, 6) is -1.13. The van der Waals surface area contributed by atoms with Gasteiger partial charge in [-0.3, -0.25) is 4.79 Å². The summed E-state index contributed by atoms with van der Waals surface area (Å²) >= 11 is 5.71. The molecule has 27 heavy (non-hydrogen) atoms. The van der Waals surface area contributed by atoms with Crippen LogP contribution in [-0.4, -0.2) is 17.6 Å². The summed E-state index contributed by atoms with van der Waals surface area (Å²) in [7, 11) is 0. The molecule has 0 radical (unpaired) electrons. The lowest BCUT2D eigenvalue weighted by atomic mass is 10.0. The number of carbonyl (C=O) groups is 1. The molecule has 0 spiro atoms. The molecule has 2 aromatic carbocycles. The Morgan fingerprint density at radius 2 is 1.52 bits per heavy atom. The second-order valence-corrected chi connectivity index (χ2v) is 6.02. The molecule has 2 N–H and O–H groups in total. The van der Waals surface area contributed by atoms with Crippen LogP contribution in [0, 0.1) is 0 Å². The van der Waals surface area contributed by atoms with E-state index in [1.54, 1.807) is 0 Å². The van der Waals surface area contributed by atoms with Gasteiger partial charge in [0.2, 0.25) is 0 Å². The second-order valence-electron chi connectivity index (χ2n) is 5.58. The number of hydrogen-bond donors (Lipinski definition) is 2. The highest BCUT2D eigenvalue weighted by molar-refractivity contribution is 6.31. The maximum atomic E-state index is 12.8. The van der Waals surface area contributed by atoms with Crippen LogP contribution in [0.2, 0.25) is 5.02 Å². The summed E-state index contributed by atoms with van der Waals surface area (Å²) in [4.78, 5) is 12.0. The van der Waals surface area contributed by atoms with E-state index in [-0.39, 0.29) is 40.9 Å². The van der Waals surface area contributed by atoms with Crippen molar-refractivity contribution in [3.8, 4) is 5.75 Å². The van der Waals surface area contributed by atoms with Crippen LogP contribution in [0.4, 0.5) is 26.3 Å². The highest BCUT2D eigenvalue weighted by atomic mass is 35.5. The van der Waals surface area contributed by atoms with Crippen LogP contribution in [0.5, 0.6) is 5.75 Å². The first-order chi connectivity index (χ1) is 12.4. The van der Waals surface area contributed by atoms with Crippen LogP contribution >= 0.6 is 11.6 Å². The van der Waals surface area contributed by atoms with Gasteiger partial charge in [0.25, 0.3) is 5.91 Å². The molecule has 1 amide bonds. The number of benzene rings is 2. The summed E-state index contributed by atoms with van der Waals surface area (Å²) in [6, 6.07) is 4.93. The molecule has 0 saturated carbocycles. The number of carbonyl (C=O) groups excluding carboxylic acids is 1. The van der Waals surface area contributed by atoms with Crippen LogP contribution in [-0.2, 0) is 18.8 Å². The fourth-order valence-corrected chi connectivity index (χ4v) is 2.44. The van der Waals surface area contributed by atoms with E-state index >= 15 is 0 Å². The Labute approximate surface area is 154 Å². The van der Waals surface area contributed by atoms with Crippen molar-refractivity contribution in [2.45, 2.75) is 18.8 Å². The molecule has 146 valence electrons. The summed E-state index contributed by atoms with van der Waals surface area (Å²) < 4.78 is 76.9. The molecule has 10 heteroatoms. The molecule has 0 bridgehead atoms. The van der Waals surface area contributed by atoms with Crippen molar-refractivity contribution in [3.63, 3.8) is 0 Å². The molecule has 0 aliphatic heterocycles. The van der Waals surface area contributed by atoms with Gasteiger partial charge in [0.05, 0.1) is 16.7 Å². The number of amides is 1. The lowest BCUT2D eigenvalue weighted by molar-refractivity contribution is -0.143. The van der Waals surface area contributed by atoms with E-state index in [1.807, 2.05) is 0 Å². The normalized spacial score (nSPS) is 12.1. The van der Waals surface area contributed by atoms with Crippen molar-refractivity contribution in [1.29, 1.82) is 0 Å². The Morgan fingerprint density at radius 1 is 0.963 bits per heavy atom. The number of nitrogens with one attached hydrogen (secondary N) is 1. The van der Waals surface area contributed by atoms with Crippen LogP contribution < -0.4 is 5.32 Å². The highest BCUT2D eigenvalue weighted by Crippen LogP contribution is 2.36. The minimum Gasteiger partial charge on any atom is -0.507 e.